The first-order valence-corrected chi connectivity index (χ1v) is 14.8. The molecule has 0 bridgehead atoms. The van der Waals surface area contributed by atoms with Crippen LogP contribution in [0.15, 0.2) is 36.0 Å². The second-order valence-corrected chi connectivity index (χ2v) is 12.0. The molecule has 2 N–H and O–H groups in total. The Morgan fingerprint density at radius 2 is 1.82 bits per heavy atom. The maximum absolute atomic E-state index is 12.6. The molecule has 2 amide bonds. The summed E-state index contributed by atoms with van der Waals surface area (Å²) in [5, 5.41) is 6.29. The zero-order valence-electron chi connectivity index (χ0n) is 23.7. The number of hydrogen-bond donors (Lipinski definition) is 2. The molecule has 0 aromatic carbocycles. The van der Waals surface area contributed by atoms with Gasteiger partial charge in [-0.25, -0.2) is 0 Å². The first-order valence-electron chi connectivity index (χ1n) is 14.8. The van der Waals surface area contributed by atoms with Crippen LogP contribution in [0.5, 0.6) is 0 Å². The lowest BCUT2D eigenvalue weighted by Gasteiger charge is -2.39. The number of carbonyl (C=O) groups excluding carboxylic acids is 2. The van der Waals surface area contributed by atoms with E-state index in [1.54, 1.807) is 6.08 Å². The van der Waals surface area contributed by atoms with Crippen LogP contribution in [0.2, 0.25) is 0 Å². The maximum atomic E-state index is 12.6. The van der Waals surface area contributed by atoms with Gasteiger partial charge in [-0.15, -0.1) is 0 Å². The van der Waals surface area contributed by atoms with Crippen molar-refractivity contribution in [3.63, 3.8) is 0 Å². The van der Waals surface area contributed by atoms with Gasteiger partial charge in [0.2, 0.25) is 11.8 Å². The zero-order chi connectivity index (χ0) is 27.1. The number of epoxide rings is 1. The molecular formula is C31H48N2O5. The van der Waals surface area contributed by atoms with E-state index in [0.29, 0.717) is 18.4 Å². The molecule has 3 heterocycles. The minimum absolute atomic E-state index is 0.0207. The Bertz CT molecular complexity index is 902. The minimum atomic E-state index is -0.108. The van der Waals surface area contributed by atoms with Crippen LogP contribution < -0.4 is 10.6 Å². The summed E-state index contributed by atoms with van der Waals surface area (Å²) >= 11 is 0. The molecule has 1 aliphatic carbocycles. The van der Waals surface area contributed by atoms with Gasteiger partial charge in [-0.3, -0.25) is 9.59 Å². The van der Waals surface area contributed by atoms with E-state index >= 15 is 0 Å². The smallest absolute Gasteiger partial charge is 0.243 e. The second kappa shape index (κ2) is 13.4. The molecule has 4 rings (SSSR count). The van der Waals surface area contributed by atoms with Crippen molar-refractivity contribution in [3.05, 3.63) is 36.0 Å². The standard InChI is InChI=1S/C31H48N2O5/c1-5-6-11-29(34)33-27-16-22(3)28(37-23(27)4)15-13-21(2)12-14-25-18-31(20-36-31)19-26(38-25)17-30(35)32-24-9-7-8-10-24/h6,11-14,22-28H,5,7-10,15-20H2,1-4H3,(H,32,35)(H,33,34)/b11-6-,14-12+,21-13+/t22?,23?,25?,26-,27?,28?,31?/m1/s1. The Morgan fingerprint density at radius 3 is 2.53 bits per heavy atom. The Balaban J connectivity index is 1.24. The van der Waals surface area contributed by atoms with Crippen LogP contribution in [-0.4, -0.2) is 60.5 Å². The summed E-state index contributed by atoms with van der Waals surface area (Å²) in [7, 11) is 0. The van der Waals surface area contributed by atoms with Crippen molar-refractivity contribution in [1.82, 2.24) is 10.6 Å². The minimum Gasteiger partial charge on any atom is -0.373 e. The number of hydrogen-bond acceptors (Lipinski definition) is 5. The number of rotatable bonds is 10. The van der Waals surface area contributed by atoms with Gasteiger partial charge < -0.3 is 24.8 Å². The first kappa shape index (κ1) is 29.0. The first-order chi connectivity index (χ1) is 18.2. The molecule has 4 fully saturated rings. The Labute approximate surface area is 228 Å². The van der Waals surface area contributed by atoms with Crippen LogP contribution in [0.1, 0.15) is 91.9 Å². The van der Waals surface area contributed by atoms with E-state index in [1.165, 1.54) is 18.4 Å². The lowest BCUT2D eigenvalue weighted by molar-refractivity contribution is -0.128. The molecular weight excluding hydrogens is 480 g/mol. The molecule has 0 aromatic rings. The van der Waals surface area contributed by atoms with E-state index in [9.17, 15) is 9.59 Å². The lowest BCUT2D eigenvalue weighted by atomic mass is 9.88. The van der Waals surface area contributed by atoms with Crippen molar-refractivity contribution >= 4 is 11.8 Å². The van der Waals surface area contributed by atoms with Crippen LogP contribution in [0, 0.1) is 5.92 Å². The fourth-order valence-electron chi connectivity index (χ4n) is 6.14. The van der Waals surface area contributed by atoms with Crippen molar-refractivity contribution in [2.75, 3.05) is 6.61 Å². The van der Waals surface area contributed by atoms with Gasteiger partial charge in [-0.1, -0.05) is 56.6 Å². The predicted octanol–water partition coefficient (Wildman–Crippen LogP) is 4.91. The summed E-state index contributed by atoms with van der Waals surface area (Å²) in [5.41, 5.74) is 1.06. The van der Waals surface area contributed by atoms with Gasteiger partial charge in [0, 0.05) is 18.9 Å². The van der Waals surface area contributed by atoms with Gasteiger partial charge in [0.05, 0.1) is 49.1 Å². The quantitative estimate of drug-likeness (QED) is 0.239. The Kier molecular flexibility index (Phi) is 10.2. The maximum Gasteiger partial charge on any atom is 0.243 e. The highest BCUT2D eigenvalue weighted by Crippen LogP contribution is 2.43. The fourth-order valence-corrected chi connectivity index (χ4v) is 6.14. The molecule has 3 aliphatic heterocycles. The molecule has 38 heavy (non-hydrogen) atoms. The molecule has 4 aliphatic rings. The highest BCUT2D eigenvalue weighted by molar-refractivity contribution is 5.87. The third-order valence-corrected chi connectivity index (χ3v) is 8.52. The molecule has 7 nitrogen and oxygen atoms in total. The second-order valence-electron chi connectivity index (χ2n) is 12.0. The van der Waals surface area contributed by atoms with Crippen LogP contribution in [0.25, 0.3) is 0 Å². The van der Waals surface area contributed by atoms with Crippen molar-refractivity contribution < 1.29 is 23.8 Å². The average molecular weight is 529 g/mol. The lowest BCUT2D eigenvalue weighted by Crippen LogP contribution is -2.50. The molecule has 1 spiro atoms. The molecule has 0 aromatic heterocycles. The van der Waals surface area contributed by atoms with Crippen molar-refractivity contribution in [2.24, 2.45) is 5.92 Å². The zero-order valence-corrected chi connectivity index (χ0v) is 23.7. The van der Waals surface area contributed by atoms with E-state index in [-0.39, 0.29) is 47.9 Å². The molecule has 6 unspecified atom stereocenters. The molecule has 3 saturated heterocycles. The highest BCUT2D eigenvalue weighted by Gasteiger charge is 2.51. The summed E-state index contributed by atoms with van der Waals surface area (Å²) in [6.45, 7) is 9.13. The van der Waals surface area contributed by atoms with E-state index in [0.717, 1.165) is 51.6 Å². The normalized spacial score (nSPS) is 36.3. The van der Waals surface area contributed by atoms with Crippen LogP contribution in [0.4, 0.5) is 0 Å². The van der Waals surface area contributed by atoms with Gasteiger partial charge in [-0.05, 0) is 57.9 Å². The SMILES string of the molecule is CC/C=C\C(=O)NC1CC(C)C(C/C=C(C)/C=C/C2CC3(CO3)C[C@@H](CC(=O)NC3CCCC3)O2)OC1C. The number of amides is 2. The highest BCUT2D eigenvalue weighted by atomic mass is 16.6. The third-order valence-electron chi connectivity index (χ3n) is 8.52. The molecule has 212 valence electrons. The van der Waals surface area contributed by atoms with Crippen LogP contribution in [0.3, 0.4) is 0 Å². The number of ether oxygens (including phenoxy) is 3. The number of carbonyl (C=O) groups is 2. The average Bonchev–Trinajstić information content (AvgIpc) is 3.39. The van der Waals surface area contributed by atoms with Crippen molar-refractivity contribution in [3.8, 4) is 0 Å². The van der Waals surface area contributed by atoms with Gasteiger partial charge in [0.15, 0.2) is 0 Å². The van der Waals surface area contributed by atoms with E-state index in [1.807, 2.05) is 19.9 Å². The summed E-state index contributed by atoms with van der Waals surface area (Å²) in [6, 6.07) is 0.376. The van der Waals surface area contributed by atoms with Crippen LogP contribution >= 0.6 is 0 Å². The summed E-state index contributed by atoms with van der Waals surface area (Å²) in [4.78, 5) is 24.7. The van der Waals surface area contributed by atoms with E-state index in [2.05, 4.69) is 42.7 Å². The van der Waals surface area contributed by atoms with Crippen molar-refractivity contribution in [2.45, 2.75) is 134 Å². The largest absolute Gasteiger partial charge is 0.373 e. The Hall–Kier alpha value is -1.96. The van der Waals surface area contributed by atoms with E-state index < -0.39 is 0 Å². The molecule has 7 heteroatoms. The number of allylic oxidation sites excluding steroid dienone is 3. The van der Waals surface area contributed by atoms with E-state index in [4.69, 9.17) is 14.2 Å². The molecule has 7 atom stereocenters. The summed E-state index contributed by atoms with van der Waals surface area (Å²) in [5.74, 6) is 0.414. The predicted molar refractivity (Wildman–Crippen MR) is 149 cm³/mol. The van der Waals surface area contributed by atoms with Gasteiger partial charge in [0.25, 0.3) is 0 Å². The summed E-state index contributed by atoms with van der Waals surface area (Å²) < 4.78 is 18.4. The summed E-state index contributed by atoms with van der Waals surface area (Å²) in [6.07, 6.45) is 19.2. The van der Waals surface area contributed by atoms with Crippen molar-refractivity contribution in [1.29, 1.82) is 0 Å². The molecule has 1 saturated carbocycles. The topological polar surface area (TPSA) is 89.2 Å². The van der Waals surface area contributed by atoms with Gasteiger partial charge >= 0.3 is 0 Å². The third kappa shape index (κ3) is 8.52. The molecule has 0 radical (unpaired) electrons. The van der Waals surface area contributed by atoms with Gasteiger partial charge in [0.1, 0.15) is 0 Å². The monoisotopic (exact) mass is 528 g/mol. The number of nitrogens with one attached hydrogen (secondary N) is 2. The van der Waals surface area contributed by atoms with Gasteiger partial charge in [-0.2, -0.15) is 0 Å². The Morgan fingerprint density at radius 1 is 1.05 bits per heavy atom. The fraction of sp³-hybridized carbons (Fsp3) is 0.742. The van der Waals surface area contributed by atoms with Crippen LogP contribution in [-0.2, 0) is 23.8 Å².